The fourth-order valence-electron chi connectivity index (χ4n) is 11.4. The molecule has 0 aliphatic rings. The Kier molecular flexibility index (Phi) is 13.5. The highest BCUT2D eigenvalue weighted by molar-refractivity contribution is 5.96. The van der Waals surface area contributed by atoms with Gasteiger partial charge in [0.25, 0.3) is 0 Å². The molecule has 86 heavy (non-hydrogen) atoms. The molecule has 3 heterocycles. The second kappa shape index (κ2) is 21.8. The zero-order valence-corrected chi connectivity index (χ0v) is 48.9. The number of hydrogen-bond donors (Lipinski definition) is 0. The first-order chi connectivity index (χ1) is 41.8. The molecular formula is C78H62N6O2. The van der Waals surface area contributed by atoms with Crippen LogP contribution in [0.5, 0.6) is 0 Å². The summed E-state index contributed by atoms with van der Waals surface area (Å²) in [6, 6.07) is 93.3. The first-order valence-corrected chi connectivity index (χ1v) is 29.3. The number of hydrogen-bond acceptors (Lipinski definition) is 8. The highest BCUT2D eigenvalue weighted by atomic mass is 16.4. The van der Waals surface area contributed by atoms with Crippen LogP contribution in [0.4, 0.5) is 34.1 Å². The second-order valence-electron chi connectivity index (χ2n) is 24.0. The predicted molar refractivity (Wildman–Crippen MR) is 354 cm³/mol. The number of rotatable bonds is 12. The van der Waals surface area contributed by atoms with Crippen LogP contribution in [0.15, 0.2) is 276 Å². The van der Waals surface area contributed by atoms with Gasteiger partial charge in [0.15, 0.2) is 11.2 Å². The number of aromatic nitrogens is 4. The van der Waals surface area contributed by atoms with E-state index in [0.717, 1.165) is 123 Å². The number of nitrogens with zero attached hydrogens (tertiary/aromatic N) is 6. The van der Waals surface area contributed by atoms with E-state index in [0.29, 0.717) is 11.8 Å². The van der Waals surface area contributed by atoms with Crippen molar-refractivity contribution in [1.82, 2.24) is 19.9 Å². The molecule has 0 saturated carbocycles. The van der Waals surface area contributed by atoms with Gasteiger partial charge in [-0.25, -0.2) is 19.9 Å². The van der Waals surface area contributed by atoms with Crippen LogP contribution < -0.4 is 9.80 Å². The Morgan fingerprint density at radius 3 is 0.884 bits per heavy atom. The van der Waals surface area contributed by atoms with E-state index in [1.165, 1.54) is 11.1 Å². The minimum absolute atomic E-state index is 0.00903. The van der Waals surface area contributed by atoms with Crippen LogP contribution in [0, 0.1) is 0 Å². The maximum absolute atomic E-state index is 6.17. The van der Waals surface area contributed by atoms with Crippen LogP contribution in [0.25, 0.3) is 101 Å². The summed E-state index contributed by atoms with van der Waals surface area (Å²) in [6.45, 7) is 13.5. The lowest BCUT2D eigenvalue weighted by atomic mass is 9.84. The maximum Gasteiger partial charge on any atom is 0.227 e. The van der Waals surface area contributed by atoms with Crippen LogP contribution in [-0.2, 0) is 10.8 Å². The molecule has 8 nitrogen and oxygen atoms in total. The van der Waals surface area contributed by atoms with E-state index in [1.807, 2.05) is 60.7 Å². The van der Waals surface area contributed by atoms with Crippen LogP contribution in [0.1, 0.15) is 52.7 Å². The Hall–Kier alpha value is -10.7. The monoisotopic (exact) mass is 1110 g/mol. The van der Waals surface area contributed by atoms with E-state index in [1.54, 1.807) is 0 Å². The third-order valence-electron chi connectivity index (χ3n) is 16.1. The van der Waals surface area contributed by atoms with Crippen molar-refractivity contribution in [3.8, 4) is 67.7 Å². The Bertz CT molecular complexity index is 4340. The molecule has 0 N–H and O–H groups in total. The molecule has 3 aromatic heterocycles. The minimum Gasteiger partial charge on any atom is -0.436 e. The molecule has 0 aliphatic heterocycles. The molecule has 0 saturated heterocycles. The molecule has 0 spiro atoms. The molecule has 0 radical (unpaired) electrons. The maximum atomic E-state index is 6.17. The summed E-state index contributed by atoms with van der Waals surface area (Å²) in [5.41, 5.74) is 23.0. The molecule has 8 heteroatoms. The normalized spacial score (nSPS) is 11.8. The third-order valence-corrected chi connectivity index (χ3v) is 16.1. The quantitative estimate of drug-likeness (QED) is 0.120. The number of oxazole rings is 2. The molecule has 0 unspecified atom stereocenters. The SMILES string of the molecule is CC(C)(C)c1ccc(-c2cc3nc(-c4ccc(N(c5ccccc5)c5ccc(-c6nc7ccccc7o6)cc5)cc4)c(-c4ccc(N(c5ccccc5)c5ccc(-c6nc7ccccc7o6)cc5)cc4)nc3cc2-c2ccc(C(C)(C)C)cc2)cc1. The second-order valence-corrected chi connectivity index (χ2v) is 24.0. The van der Waals surface area contributed by atoms with Crippen LogP contribution in [-0.4, -0.2) is 19.9 Å². The molecule has 0 bridgehead atoms. The van der Waals surface area contributed by atoms with Gasteiger partial charge in [0.1, 0.15) is 11.0 Å². The van der Waals surface area contributed by atoms with Crippen molar-refractivity contribution in [2.75, 3.05) is 9.80 Å². The van der Waals surface area contributed by atoms with Gasteiger partial charge < -0.3 is 18.6 Å². The van der Waals surface area contributed by atoms with Crippen LogP contribution in [0.2, 0.25) is 0 Å². The van der Waals surface area contributed by atoms with Crippen molar-refractivity contribution in [1.29, 1.82) is 0 Å². The molecule has 14 rings (SSSR count). The molecule has 14 aromatic rings. The van der Waals surface area contributed by atoms with E-state index < -0.39 is 0 Å². The van der Waals surface area contributed by atoms with Gasteiger partial charge in [-0.1, -0.05) is 175 Å². The molecular weight excluding hydrogens is 1050 g/mol. The lowest BCUT2D eigenvalue weighted by Crippen LogP contribution is -2.10. The van der Waals surface area contributed by atoms with E-state index in [9.17, 15) is 0 Å². The van der Waals surface area contributed by atoms with Crippen molar-refractivity contribution >= 4 is 67.4 Å². The smallest absolute Gasteiger partial charge is 0.227 e. The predicted octanol–water partition coefficient (Wildman–Crippen LogP) is 21.4. The van der Waals surface area contributed by atoms with Crippen LogP contribution in [0.3, 0.4) is 0 Å². The summed E-state index contributed by atoms with van der Waals surface area (Å²) in [6.07, 6.45) is 0. The van der Waals surface area contributed by atoms with Gasteiger partial charge in [-0.2, -0.15) is 0 Å². The fourth-order valence-corrected chi connectivity index (χ4v) is 11.4. The largest absolute Gasteiger partial charge is 0.436 e. The summed E-state index contributed by atoms with van der Waals surface area (Å²) in [7, 11) is 0. The molecule has 0 fully saturated rings. The molecule has 11 aromatic carbocycles. The average molecular weight is 1120 g/mol. The molecule has 0 amide bonds. The Labute approximate surface area is 501 Å². The zero-order chi connectivity index (χ0) is 58.5. The average Bonchev–Trinajstić information content (AvgIpc) is 1.42. The first kappa shape index (κ1) is 53.3. The third kappa shape index (κ3) is 10.5. The van der Waals surface area contributed by atoms with E-state index in [2.05, 4.69) is 258 Å². The Morgan fingerprint density at radius 1 is 0.267 bits per heavy atom. The number of para-hydroxylation sites is 6. The summed E-state index contributed by atoms with van der Waals surface area (Å²) in [5.74, 6) is 1.17. The van der Waals surface area contributed by atoms with Crippen LogP contribution >= 0.6 is 0 Å². The summed E-state index contributed by atoms with van der Waals surface area (Å²) < 4.78 is 12.3. The van der Waals surface area contributed by atoms with Crippen molar-refractivity contribution in [3.63, 3.8) is 0 Å². The Balaban J connectivity index is 0.893. The fraction of sp³-hybridized carbons (Fsp3) is 0.103. The zero-order valence-electron chi connectivity index (χ0n) is 48.9. The van der Waals surface area contributed by atoms with Crippen molar-refractivity contribution in [2.45, 2.75) is 52.4 Å². The number of benzene rings is 11. The van der Waals surface area contributed by atoms with Gasteiger partial charge >= 0.3 is 0 Å². The highest BCUT2D eigenvalue weighted by Crippen LogP contribution is 2.43. The van der Waals surface area contributed by atoms with Gasteiger partial charge in [-0.15, -0.1) is 0 Å². The summed E-state index contributed by atoms with van der Waals surface area (Å²) in [4.78, 5) is 25.4. The van der Waals surface area contributed by atoms with Crippen molar-refractivity contribution in [3.05, 3.63) is 278 Å². The van der Waals surface area contributed by atoms with Gasteiger partial charge in [-0.3, -0.25) is 0 Å². The highest BCUT2D eigenvalue weighted by Gasteiger charge is 2.23. The lowest BCUT2D eigenvalue weighted by Gasteiger charge is -2.26. The summed E-state index contributed by atoms with van der Waals surface area (Å²) in [5, 5.41) is 0. The van der Waals surface area contributed by atoms with Crippen molar-refractivity contribution in [2.24, 2.45) is 0 Å². The lowest BCUT2D eigenvalue weighted by molar-refractivity contribution is 0.590. The van der Waals surface area contributed by atoms with Gasteiger partial charge in [0.05, 0.1) is 22.4 Å². The van der Waals surface area contributed by atoms with E-state index in [-0.39, 0.29) is 10.8 Å². The molecule has 0 aliphatic carbocycles. The molecule has 0 atom stereocenters. The molecule has 416 valence electrons. The van der Waals surface area contributed by atoms with E-state index in [4.69, 9.17) is 28.8 Å². The van der Waals surface area contributed by atoms with E-state index >= 15 is 0 Å². The van der Waals surface area contributed by atoms with Gasteiger partial charge in [0, 0.05) is 56.4 Å². The van der Waals surface area contributed by atoms with Crippen molar-refractivity contribution < 1.29 is 8.83 Å². The first-order valence-electron chi connectivity index (χ1n) is 29.3. The van der Waals surface area contributed by atoms with Gasteiger partial charge in [0.2, 0.25) is 11.8 Å². The van der Waals surface area contributed by atoms with Gasteiger partial charge in [-0.05, 0) is 178 Å². The Morgan fingerprint density at radius 2 is 0.558 bits per heavy atom. The minimum atomic E-state index is 0.00903. The number of fused-ring (bicyclic) bond motifs is 3. The number of anilines is 6. The standard InChI is InChI=1S/C78H62N6O2/c1-77(2,3)57-37-25-51(26-38-57)65-49-69-70(50-66(65)52-27-39-58(40-28-52)78(4,5)6)80-74(54-31-43-62(44-32-54)84(60-19-11-8-12-20-60)64-47-35-56(36-48-64)76-82-68-22-14-16-24-72(68)86-76)73(79-69)53-29-41-61(42-30-53)83(59-17-9-7-10-18-59)63-45-33-55(34-46-63)75-81-67-21-13-15-23-71(67)85-75/h7-50H,1-6H3. The topological polar surface area (TPSA) is 84.3 Å². The summed E-state index contributed by atoms with van der Waals surface area (Å²) >= 11 is 0.